The standard InChI is InChI=1S/C13H9BrN2O/c14-12-1-2-13(11(7-12)8-15)17-9-10-3-5-16-6-4-10/h1-7H,9H2. The fourth-order valence-corrected chi connectivity index (χ4v) is 1.72. The molecule has 0 bridgehead atoms. The number of halogens is 1. The number of aromatic nitrogens is 1. The smallest absolute Gasteiger partial charge is 0.137 e. The van der Waals surface area contributed by atoms with Crippen LogP contribution in [-0.4, -0.2) is 4.98 Å². The molecule has 0 aliphatic heterocycles. The topological polar surface area (TPSA) is 45.9 Å². The van der Waals surface area contributed by atoms with Crippen molar-refractivity contribution < 1.29 is 4.74 Å². The molecular formula is C13H9BrN2O. The van der Waals surface area contributed by atoms with Gasteiger partial charge in [0.2, 0.25) is 0 Å². The summed E-state index contributed by atoms with van der Waals surface area (Å²) in [4.78, 5) is 3.93. The molecule has 4 heteroatoms. The average Bonchev–Trinajstić information content (AvgIpc) is 2.38. The van der Waals surface area contributed by atoms with Gasteiger partial charge in [0.05, 0.1) is 5.56 Å². The summed E-state index contributed by atoms with van der Waals surface area (Å²) in [6.45, 7) is 0.429. The Morgan fingerprint density at radius 2 is 2.00 bits per heavy atom. The SMILES string of the molecule is N#Cc1cc(Br)ccc1OCc1ccncc1. The largest absolute Gasteiger partial charge is 0.488 e. The highest BCUT2D eigenvalue weighted by Crippen LogP contribution is 2.23. The summed E-state index contributed by atoms with van der Waals surface area (Å²) in [6, 6.07) is 11.2. The van der Waals surface area contributed by atoms with Crippen LogP contribution in [0.5, 0.6) is 5.75 Å². The maximum atomic E-state index is 8.98. The zero-order valence-electron chi connectivity index (χ0n) is 8.93. The van der Waals surface area contributed by atoms with Crippen molar-refractivity contribution in [2.45, 2.75) is 6.61 Å². The molecule has 0 unspecified atom stereocenters. The Kier molecular flexibility index (Phi) is 3.73. The third kappa shape index (κ3) is 3.05. The molecule has 0 aliphatic rings. The quantitative estimate of drug-likeness (QED) is 0.871. The Morgan fingerprint density at radius 3 is 2.71 bits per heavy atom. The summed E-state index contributed by atoms with van der Waals surface area (Å²) in [5.41, 5.74) is 1.54. The number of rotatable bonds is 3. The molecule has 1 aromatic carbocycles. The van der Waals surface area contributed by atoms with Crippen LogP contribution in [-0.2, 0) is 6.61 Å². The highest BCUT2D eigenvalue weighted by Gasteiger charge is 2.04. The summed E-state index contributed by atoms with van der Waals surface area (Å²) in [5.74, 6) is 0.590. The van der Waals surface area contributed by atoms with Crippen LogP contribution in [0, 0.1) is 11.3 Å². The minimum absolute atomic E-state index is 0.429. The van der Waals surface area contributed by atoms with Crippen molar-refractivity contribution in [3.05, 3.63) is 58.3 Å². The number of nitriles is 1. The zero-order chi connectivity index (χ0) is 12.1. The third-order valence-corrected chi connectivity index (χ3v) is 2.70. The van der Waals surface area contributed by atoms with E-state index in [1.807, 2.05) is 18.2 Å². The van der Waals surface area contributed by atoms with Crippen molar-refractivity contribution in [1.82, 2.24) is 4.98 Å². The van der Waals surface area contributed by atoms with E-state index in [0.29, 0.717) is 17.9 Å². The highest BCUT2D eigenvalue weighted by molar-refractivity contribution is 9.10. The fraction of sp³-hybridized carbons (Fsp3) is 0.0769. The lowest BCUT2D eigenvalue weighted by molar-refractivity contribution is 0.305. The van der Waals surface area contributed by atoms with Gasteiger partial charge in [-0.2, -0.15) is 5.26 Å². The molecular weight excluding hydrogens is 280 g/mol. The van der Waals surface area contributed by atoms with Crippen molar-refractivity contribution in [1.29, 1.82) is 5.26 Å². The first-order valence-electron chi connectivity index (χ1n) is 5.01. The highest BCUT2D eigenvalue weighted by atomic mass is 79.9. The molecule has 84 valence electrons. The van der Waals surface area contributed by atoms with E-state index < -0.39 is 0 Å². The molecule has 0 fully saturated rings. The van der Waals surface area contributed by atoms with Gasteiger partial charge in [-0.1, -0.05) is 15.9 Å². The van der Waals surface area contributed by atoms with Gasteiger partial charge in [0, 0.05) is 16.9 Å². The van der Waals surface area contributed by atoms with Gasteiger partial charge in [-0.05, 0) is 35.9 Å². The summed E-state index contributed by atoms with van der Waals surface area (Å²) in [6.07, 6.45) is 3.43. The Hall–Kier alpha value is -1.86. The molecule has 2 aromatic rings. The molecule has 0 N–H and O–H groups in total. The van der Waals surface area contributed by atoms with Gasteiger partial charge in [0.25, 0.3) is 0 Å². The number of ether oxygens (including phenoxy) is 1. The van der Waals surface area contributed by atoms with Crippen LogP contribution in [0.1, 0.15) is 11.1 Å². The second-order valence-electron chi connectivity index (χ2n) is 3.40. The van der Waals surface area contributed by atoms with Gasteiger partial charge >= 0.3 is 0 Å². The van der Waals surface area contributed by atoms with Crippen molar-refractivity contribution in [3.63, 3.8) is 0 Å². The second kappa shape index (κ2) is 5.46. The minimum Gasteiger partial charge on any atom is -0.488 e. The first-order valence-corrected chi connectivity index (χ1v) is 5.80. The van der Waals surface area contributed by atoms with Crippen LogP contribution in [0.4, 0.5) is 0 Å². The monoisotopic (exact) mass is 288 g/mol. The summed E-state index contributed by atoms with van der Waals surface area (Å²) < 4.78 is 6.46. The average molecular weight is 289 g/mol. The lowest BCUT2D eigenvalue weighted by Gasteiger charge is -2.07. The van der Waals surface area contributed by atoms with Crippen LogP contribution in [0.2, 0.25) is 0 Å². The normalized spacial score (nSPS) is 9.65. The molecule has 17 heavy (non-hydrogen) atoms. The molecule has 1 heterocycles. The van der Waals surface area contributed by atoms with Crippen LogP contribution < -0.4 is 4.74 Å². The van der Waals surface area contributed by atoms with Crippen LogP contribution in [0.15, 0.2) is 47.2 Å². The number of pyridine rings is 1. The Morgan fingerprint density at radius 1 is 1.24 bits per heavy atom. The summed E-state index contributed by atoms with van der Waals surface area (Å²) in [7, 11) is 0. The zero-order valence-corrected chi connectivity index (χ0v) is 10.5. The fourth-order valence-electron chi connectivity index (χ4n) is 1.36. The Bertz CT molecular complexity index is 549. The van der Waals surface area contributed by atoms with Crippen molar-refractivity contribution >= 4 is 15.9 Å². The van der Waals surface area contributed by atoms with Gasteiger partial charge in [-0.3, -0.25) is 4.98 Å². The number of hydrogen-bond donors (Lipinski definition) is 0. The van der Waals surface area contributed by atoms with E-state index in [0.717, 1.165) is 10.0 Å². The second-order valence-corrected chi connectivity index (χ2v) is 4.31. The number of hydrogen-bond acceptors (Lipinski definition) is 3. The van der Waals surface area contributed by atoms with E-state index in [-0.39, 0.29) is 0 Å². The molecule has 0 atom stereocenters. The van der Waals surface area contributed by atoms with Crippen molar-refractivity contribution in [2.24, 2.45) is 0 Å². The summed E-state index contributed by atoms with van der Waals surface area (Å²) in [5, 5.41) is 8.98. The molecule has 0 saturated heterocycles. The molecule has 0 amide bonds. The molecule has 0 spiro atoms. The first kappa shape index (κ1) is 11.6. The van der Waals surface area contributed by atoms with Crippen molar-refractivity contribution in [3.8, 4) is 11.8 Å². The molecule has 0 aliphatic carbocycles. The molecule has 0 saturated carbocycles. The predicted octanol–water partition coefficient (Wildman–Crippen LogP) is 3.29. The summed E-state index contributed by atoms with van der Waals surface area (Å²) >= 11 is 3.32. The molecule has 3 nitrogen and oxygen atoms in total. The maximum Gasteiger partial charge on any atom is 0.137 e. The van der Waals surface area contributed by atoms with E-state index in [1.165, 1.54) is 0 Å². The van der Waals surface area contributed by atoms with E-state index in [9.17, 15) is 0 Å². The van der Waals surface area contributed by atoms with Gasteiger partial charge in [-0.25, -0.2) is 0 Å². The predicted molar refractivity (Wildman–Crippen MR) is 67.4 cm³/mol. The maximum absolute atomic E-state index is 8.98. The molecule has 1 aromatic heterocycles. The molecule has 0 radical (unpaired) electrons. The lowest BCUT2D eigenvalue weighted by Crippen LogP contribution is -1.97. The van der Waals surface area contributed by atoms with E-state index in [4.69, 9.17) is 10.00 Å². The Labute approximate surface area is 108 Å². The van der Waals surface area contributed by atoms with E-state index in [1.54, 1.807) is 24.5 Å². The van der Waals surface area contributed by atoms with Crippen LogP contribution in [0.3, 0.4) is 0 Å². The Balaban J connectivity index is 2.12. The third-order valence-electron chi connectivity index (χ3n) is 2.21. The van der Waals surface area contributed by atoms with Gasteiger partial charge in [-0.15, -0.1) is 0 Å². The van der Waals surface area contributed by atoms with Gasteiger partial charge < -0.3 is 4.74 Å². The van der Waals surface area contributed by atoms with Crippen molar-refractivity contribution in [2.75, 3.05) is 0 Å². The number of nitrogens with zero attached hydrogens (tertiary/aromatic N) is 2. The van der Waals surface area contributed by atoms with Gasteiger partial charge in [0.15, 0.2) is 0 Å². The number of benzene rings is 1. The van der Waals surface area contributed by atoms with Crippen LogP contribution >= 0.6 is 15.9 Å². The molecule has 2 rings (SSSR count). The van der Waals surface area contributed by atoms with E-state index in [2.05, 4.69) is 27.0 Å². The lowest BCUT2D eigenvalue weighted by atomic mass is 10.2. The van der Waals surface area contributed by atoms with Gasteiger partial charge in [0.1, 0.15) is 18.4 Å². The van der Waals surface area contributed by atoms with Crippen LogP contribution in [0.25, 0.3) is 0 Å². The first-order chi connectivity index (χ1) is 8.29. The minimum atomic E-state index is 0.429. The van der Waals surface area contributed by atoms with E-state index >= 15 is 0 Å².